The number of hydrogen-bond acceptors (Lipinski definition) is 3. The van der Waals surface area contributed by atoms with E-state index in [2.05, 4.69) is 28.8 Å². The van der Waals surface area contributed by atoms with E-state index in [0.717, 1.165) is 35.6 Å². The smallest absolute Gasteiger partial charge is 0.160 e. The molecule has 0 aliphatic rings. The van der Waals surface area contributed by atoms with Gasteiger partial charge in [0.2, 0.25) is 0 Å². The minimum atomic E-state index is 0.759. The molecule has 0 unspecified atom stereocenters. The predicted octanol–water partition coefficient (Wildman–Crippen LogP) is 2.66. The van der Waals surface area contributed by atoms with Gasteiger partial charge >= 0.3 is 0 Å². The lowest BCUT2D eigenvalue weighted by atomic mass is 10.2. The summed E-state index contributed by atoms with van der Waals surface area (Å²) >= 11 is 0. The Bertz CT molecular complexity index is 463. The zero-order chi connectivity index (χ0) is 11.4. The van der Waals surface area contributed by atoms with E-state index in [1.807, 2.05) is 24.4 Å². The fraction of sp³-hybridized carbons (Fsp3) is 0.308. The molecule has 2 aromatic rings. The first-order valence-electron chi connectivity index (χ1n) is 5.60. The summed E-state index contributed by atoms with van der Waals surface area (Å²) in [7, 11) is 0. The highest BCUT2D eigenvalue weighted by Crippen LogP contribution is 2.14. The van der Waals surface area contributed by atoms with Crippen molar-refractivity contribution in [2.45, 2.75) is 26.7 Å². The molecule has 0 aliphatic carbocycles. The van der Waals surface area contributed by atoms with Crippen LogP contribution in [-0.4, -0.2) is 15.0 Å². The largest absolute Gasteiger partial charge is 0.261 e. The fourth-order valence-electron chi connectivity index (χ4n) is 1.50. The highest BCUT2D eigenvalue weighted by molar-refractivity contribution is 5.53. The molecule has 3 heteroatoms. The molecular weight excluding hydrogens is 198 g/mol. The van der Waals surface area contributed by atoms with Crippen LogP contribution in [0.25, 0.3) is 11.4 Å². The Balaban J connectivity index is 2.34. The van der Waals surface area contributed by atoms with Crippen LogP contribution in [0.2, 0.25) is 0 Å². The van der Waals surface area contributed by atoms with Crippen molar-refractivity contribution in [3.05, 3.63) is 42.0 Å². The molecule has 0 fully saturated rings. The monoisotopic (exact) mass is 213 g/mol. The van der Waals surface area contributed by atoms with Crippen molar-refractivity contribution in [1.29, 1.82) is 0 Å². The average Bonchev–Trinajstić information content (AvgIpc) is 2.39. The lowest BCUT2D eigenvalue weighted by Crippen LogP contribution is -1.94. The zero-order valence-corrected chi connectivity index (χ0v) is 9.64. The van der Waals surface area contributed by atoms with Gasteiger partial charge in [-0.25, -0.2) is 9.97 Å². The molecule has 0 N–H and O–H groups in total. The van der Waals surface area contributed by atoms with Gasteiger partial charge in [0, 0.05) is 29.3 Å². The second-order valence-corrected chi connectivity index (χ2v) is 3.62. The first-order chi connectivity index (χ1) is 7.83. The molecule has 0 atom stereocenters. The summed E-state index contributed by atoms with van der Waals surface area (Å²) in [5.41, 5.74) is 3.13. The molecule has 0 aromatic carbocycles. The van der Waals surface area contributed by atoms with Gasteiger partial charge in [0.15, 0.2) is 5.82 Å². The molecule has 2 aromatic heterocycles. The summed E-state index contributed by atoms with van der Waals surface area (Å²) in [6.07, 6.45) is 5.52. The molecule has 16 heavy (non-hydrogen) atoms. The first-order valence-corrected chi connectivity index (χ1v) is 5.60. The quantitative estimate of drug-likeness (QED) is 0.786. The van der Waals surface area contributed by atoms with Gasteiger partial charge < -0.3 is 0 Å². The second kappa shape index (κ2) is 4.84. The first kappa shape index (κ1) is 10.7. The Morgan fingerprint density at radius 2 is 1.75 bits per heavy atom. The summed E-state index contributed by atoms with van der Waals surface area (Å²) < 4.78 is 0. The van der Waals surface area contributed by atoms with Gasteiger partial charge in [-0.1, -0.05) is 13.8 Å². The Labute approximate surface area is 95.6 Å². The van der Waals surface area contributed by atoms with Crippen LogP contribution in [-0.2, 0) is 12.8 Å². The molecule has 0 bridgehead atoms. The highest BCUT2D eigenvalue weighted by Gasteiger charge is 2.02. The molecule has 2 rings (SSSR count). The SMILES string of the molecule is CCc1ccc(-c2nccc(CC)n2)cn1. The maximum atomic E-state index is 4.47. The summed E-state index contributed by atoms with van der Waals surface area (Å²) in [5.74, 6) is 0.759. The summed E-state index contributed by atoms with van der Waals surface area (Å²) in [4.78, 5) is 13.1. The van der Waals surface area contributed by atoms with Crippen LogP contribution in [0.5, 0.6) is 0 Å². The Kier molecular flexibility index (Phi) is 3.25. The van der Waals surface area contributed by atoms with E-state index in [0.29, 0.717) is 0 Å². The molecule has 2 heterocycles. The van der Waals surface area contributed by atoms with E-state index in [9.17, 15) is 0 Å². The van der Waals surface area contributed by atoms with E-state index < -0.39 is 0 Å². The van der Waals surface area contributed by atoms with E-state index >= 15 is 0 Å². The molecule has 0 aliphatic heterocycles. The zero-order valence-electron chi connectivity index (χ0n) is 9.64. The number of hydrogen-bond donors (Lipinski definition) is 0. The molecule has 0 amide bonds. The fourth-order valence-corrected chi connectivity index (χ4v) is 1.50. The van der Waals surface area contributed by atoms with Crippen LogP contribution in [0.1, 0.15) is 25.2 Å². The molecule has 0 spiro atoms. The summed E-state index contributed by atoms with van der Waals surface area (Å²) in [5, 5.41) is 0. The van der Waals surface area contributed by atoms with Crippen LogP contribution in [0.15, 0.2) is 30.6 Å². The summed E-state index contributed by atoms with van der Waals surface area (Å²) in [6.45, 7) is 4.18. The maximum absolute atomic E-state index is 4.47. The van der Waals surface area contributed by atoms with Gasteiger partial charge in [0.05, 0.1) is 0 Å². The summed E-state index contributed by atoms with van der Waals surface area (Å²) in [6, 6.07) is 6.00. The van der Waals surface area contributed by atoms with E-state index in [4.69, 9.17) is 0 Å². The van der Waals surface area contributed by atoms with Crippen molar-refractivity contribution in [2.75, 3.05) is 0 Å². The third-order valence-electron chi connectivity index (χ3n) is 2.52. The van der Waals surface area contributed by atoms with E-state index in [1.54, 1.807) is 6.20 Å². The Morgan fingerprint density at radius 1 is 0.938 bits per heavy atom. The lowest BCUT2D eigenvalue weighted by molar-refractivity contribution is 0.996. The van der Waals surface area contributed by atoms with Crippen molar-refractivity contribution < 1.29 is 0 Å². The van der Waals surface area contributed by atoms with Crippen LogP contribution in [0, 0.1) is 0 Å². The maximum Gasteiger partial charge on any atom is 0.160 e. The molecule has 82 valence electrons. The van der Waals surface area contributed by atoms with Crippen LogP contribution < -0.4 is 0 Å². The standard InChI is InChI=1S/C13H15N3/c1-3-11-6-5-10(9-15-11)13-14-8-7-12(4-2)16-13/h5-9H,3-4H2,1-2H3. The Hall–Kier alpha value is -1.77. The number of pyridine rings is 1. The third kappa shape index (κ3) is 2.24. The number of aryl methyl sites for hydroxylation is 2. The topological polar surface area (TPSA) is 38.7 Å². The number of rotatable bonds is 3. The van der Waals surface area contributed by atoms with Gasteiger partial charge in [-0.15, -0.1) is 0 Å². The van der Waals surface area contributed by atoms with Crippen molar-refractivity contribution >= 4 is 0 Å². The second-order valence-electron chi connectivity index (χ2n) is 3.62. The lowest BCUT2D eigenvalue weighted by Gasteiger charge is -2.02. The van der Waals surface area contributed by atoms with Gasteiger partial charge in [0.25, 0.3) is 0 Å². The predicted molar refractivity (Wildman–Crippen MR) is 64.0 cm³/mol. The van der Waals surface area contributed by atoms with Gasteiger partial charge in [0.1, 0.15) is 0 Å². The molecule has 0 saturated heterocycles. The average molecular weight is 213 g/mol. The van der Waals surface area contributed by atoms with E-state index in [1.165, 1.54) is 0 Å². The number of nitrogens with zero attached hydrogens (tertiary/aromatic N) is 3. The van der Waals surface area contributed by atoms with Crippen molar-refractivity contribution in [3.63, 3.8) is 0 Å². The van der Waals surface area contributed by atoms with E-state index in [-0.39, 0.29) is 0 Å². The molecule has 0 saturated carbocycles. The van der Waals surface area contributed by atoms with Crippen LogP contribution in [0.3, 0.4) is 0 Å². The van der Waals surface area contributed by atoms with Crippen LogP contribution in [0.4, 0.5) is 0 Å². The normalized spacial score (nSPS) is 10.4. The number of aromatic nitrogens is 3. The molecular formula is C13H15N3. The van der Waals surface area contributed by atoms with Gasteiger partial charge in [-0.2, -0.15) is 0 Å². The van der Waals surface area contributed by atoms with Crippen molar-refractivity contribution in [3.8, 4) is 11.4 Å². The molecule has 0 radical (unpaired) electrons. The van der Waals surface area contributed by atoms with Crippen molar-refractivity contribution in [2.24, 2.45) is 0 Å². The van der Waals surface area contributed by atoms with Crippen LogP contribution >= 0.6 is 0 Å². The van der Waals surface area contributed by atoms with Gasteiger partial charge in [-0.05, 0) is 31.0 Å². The minimum absolute atomic E-state index is 0.759. The van der Waals surface area contributed by atoms with Gasteiger partial charge in [-0.3, -0.25) is 4.98 Å². The molecule has 3 nitrogen and oxygen atoms in total. The minimum Gasteiger partial charge on any atom is -0.261 e. The third-order valence-corrected chi connectivity index (χ3v) is 2.52. The highest BCUT2D eigenvalue weighted by atomic mass is 14.9. The van der Waals surface area contributed by atoms with Crippen molar-refractivity contribution in [1.82, 2.24) is 15.0 Å². The Morgan fingerprint density at radius 3 is 2.38 bits per heavy atom.